The Bertz CT molecular complexity index is 843. The molecule has 0 fully saturated rings. The number of ketones is 1. The van der Waals surface area contributed by atoms with E-state index < -0.39 is 11.9 Å². The molecular formula is C23H27NO5. The first-order valence-corrected chi connectivity index (χ1v) is 9.71. The number of ether oxygens (including phenoxy) is 2. The van der Waals surface area contributed by atoms with Crippen molar-refractivity contribution >= 4 is 23.3 Å². The number of rotatable bonds is 10. The van der Waals surface area contributed by atoms with Crippen LogP contribution >= 0.6 is 0 Å². The molecule has 6 nitrogen and oxygen atoms in total. The first kappa shape index (κ1) is 22.1. The Morgan fingerprint density at radius 2 is 1.66 bits per heavy atom. The van der Waals surface area contributed by atoms with Gasteiger partial charge in [-0.25, -0.2) is 0 Å². The number of nitrogens with one attached hydrogen (secondary N) is 1. The molecule has 0 bridgehead atoms. The minimum Gasteiger partial charge on any atom is -0.494 e. The highest BCUT2D eigenvalue weighted by molar-refractivity contribution is 5.98. The first-order chi connectivity index (χ1) is 13.9. The summed E-state index contributed by atoms with van der Waals surface area (Å²) >= 11 is 0. The molecule has 2 aromatic carbocycles. The van der Waals surface area contributed by atoms with Crippen molar-refractivity contribution in [3.05, 3.63) is 59.7 Å². The lowest BCUT2D eigenvalue weighted by Crippen LogP contribution is -2.22. The molecule has 0 radical (unpaired) electrons. The third-order valence-electron chi connectivity index (χ3n) is 4.26. The summed E-state index contributed by atoms with van der Waals surface area (Å²) in [6.07, 6.45) is -0.0630. The maximum atomic E-state index is 12.2. The van der Waals surface area contributed by atoms with Crippen molar-refractivity contribution in [2.24, 2.45) is 0 Å². The summed E-state index contributed by atoms with van der Waals surface area (Å²) < 4.78 is 10.3. The minimum atomic E-state index is -0.586. The van der Waals surface area contributed by atoms with Crippen molar-refractivity contribution in [1.82, 2.24) is 0 Å². The highest BCUT2D eigenvalue weighted by Gasteiger charge is 2.13. The zero-order valence-electron chi connectivity index (χ0n) is 17.1. The van der Waals surface area contributed by atoms with Gasteiger partial charge in [0, 0.05) is 17.7 Å². The highest BCUT2D eigenvalue weighted by atomic mass is 16.5. The monoisotopic (exact) mass is 397 g/mol. The molecule has 0 aromatic heterocycles. The van der Waals surface area contributed by atoms with Gasteiger partial charge >= 0.3 is 5.97 Å². The van der Waals surface area contributed by atoms with E-state index in [1.54, 1.807) is 24.3 Å². The van der Waals surface area contributed by atoms with Gasteiger partial charge < -0.3 is 14.8 Å². The van der Waals surface area contributed by atoms with E-state index in [9.17, 15) is 14.4 Å². The van der Waals surface area contributed by atoms with Crippen LogP contribution in [0.1, 0.15) is 55.5 Å². The van der Waals surface area contributed by atoms with Crippen molar-refractivity contribution in [2.45, 2.75) is 39.5 Å². The van der Waals surface area contributed by atoms with E-state index in [0.717, 1.165) is 5.56 Å². The fourth-order valence-electron chi connectivity index (χ4n) is 2.78. The van der Waals surface area contributed by atoms with Crippen LogP contribution in [0.25, 0.3) is 0 Å². The van der Waals surface area contributed by atoms with Crippen LogP contribution in [0.4, 0.5) is 5.69 Å². The topological polar surface area (TPSA) is 81.7 Å². The van der Waals surface area contributed by atoms with Crippen LogP contribution < -0.4 is 10.1 Å². The molecule has 0 atom stereocenters. The summed E-state index contributed by atoms with van der Waals surface area (Å²) in [7, 11) is 0. The molecule has 1 amide bonds. The first-order valence-electron chi connectivity index (χ1n) is 9.71. The fourth-order valence-corrected chi connectivity index (χ4v) is 2.78. The van der Waals surface area contributed by atoms with E-state index in [0.29, 0.717) is 23.6 Å². The Hall–Kier alpha value is -3.15. The Kier molecular flexibility index (Phi) is 8.40. The average Bonchev–Trinajstić information content (AvgIpc) is 2.71. The summed E-state index contributed by atoms with van der Waals surface area (Å²) in [5, 5.41) is 2.76. The molecule has 1 N–H and O–H groups in total. The molecule has 0 saturated heterocycles. The molecule has 0 aliphatic rings. The molecule has 0 heterocycles. The third-order valence-corrected chi connectivity index (χ3v) is 4.26. The number of para-hydroxylation sites is 1. The summed E-state index contributed by atoms with van der Waals surface area (Å²) in [6.45, 7) is 6.12. The fraction of sp³-hybridized carbons (Fsp3) is 0.348. The summed E-state index contributed by atoms with van der Waals surface area (Å²) in [4.78, 5) is 36.1. The predicted octanol–water partition coefficient (Wildman–Crippen LogP) is 4.35. The molecule has 6 heteroatoms. The number of Topliss-reactive ketones (excluding diaryl/α,β-unsaturated/α-hetero) is 1. The molecule has 2 aromatic rings. The largest absolute Gasteiger partial charge is 0.494 e. The second-order valence-corrected chi connectivity index (χ2v) is 6.83. The zero-order valence-corrected chi connectivity index (χ0v) is 17.1. The third kappa shape index (κ3) is 7.07. The number of carbonyl (C=O) groups excluding carboxylic acids is 3. The Labute approximate surface area is 171 Å². The van der Waals surface area contributed by atoms with Crippen LogP contribution in [0.5, 0.6) is 5.75 Å². The van der Waals surface area contributed by atoms with Crippen LogP contribution in [0.3, 0.4) is 0 Å². The van der Waals surface area contributed by atoms with Gasteiger partial charge in [-0.3, -0.25) is 14.4 Å². The SMILES string of the molecule is CCOc1ccc(C(=O)CCC(=O)OCC(=O)Nc2ccccc2C(C)C)cc1. The van der Waals surface area contributed by atoms with Crippen LogP contribution in [-0.4, -0.2) is 30.9 Å². The van der Waals surface area contributed by atoms with Crippen LogP contribution in [0.15, 0.2) is 48.5 Å². The summed E-state index contributed by atoms with van der Waals surface area (Å²) in [5.41, 5.74) is 2.21. The molecule has 0 saturated carbocycles. The van der Waals surface area contributed by atoms with Gasteiger partial charge in [-0.05, 0) is 48.7 Å². The van der Waals surface area contributed by atoms with Crippen molar-refractivity contribution in [3.63, 3.8) is 0 Å². The summed E-state index contributed by atoms with van der Waals surface area (Å²) in [5.74, 6) is -0.225. The lowest BCUT2D eigenvalue weighted by atomic mass is 10.0. The maximum absolute atomic E-state index is 12.2. The number of benzene rings is 2. The van der Waals surface area contributed by atoms with E-state index in [1.807, 2.05) is 45.0 Å². The number of esters is 1. The molecule has 154 valence electrons. The van der Waals surface area contributed by atoms with Gasteiger partial charge in [0.05, 0.1) is 13.0 Å². The van der Waals surface area contributed by atoms with E-state index >= 15 is 0 Å². The van der Waals surface area contributed by atoms with Gasteiger partial charge in [-0.2, -0.15) is 0 Å². The molecule has 29 heavy (non-hydrogen) atoms. The Morgan fingerprint density at radius 1 is 0.966 bits per heavy atom. The molecule has 2 rings (SSSR count). The minimum absolute atomic E-state index is 0.0185. The van der Waals surface area contributed by atoms with E-state index in [1.165, 1.54) is 0 Å². The van der Waals surface area contributed by atoms with Gasteiger partial charge in [0.25, 0.3) is 5.91 Å². The number of hydrogen-bond acceptors (Lipinski definition) is 5. The smallest absolute Gasteiger partial charge is 0.306 e. The summed E-state index contributed by atoms with van der Waals surface area (Å²) in [6, 6.07) is 14.3. The molecule has 0 aliphatic heterocycles. The van der Waals surface area contributed by atoms with Crippen molar-refractivity contribution < 1.29 is 23.9 Å². The van der Waals surface area contributed by atoms with Crippen LogP contribution in [-0.2, 0) is 14.3 Å². The quantitative estimate of drug-likeness (QED) is 0.476. The Morgan fingerprint density at radius 3 is 2.31 bits per heavy atom. The van der Waals surface area contributed by atoms with Crippen LogP contribution in [0, 0.1) is 0 Å². The van der Waals surface area contributed by atoms with E-state index in [4.69, 9.17) is 9.47 Å². The average molecular weight is 397 g/mol. The van der Waals surface area contributed by atoms with Crippen molar-refractivity contribution in [2.75, 3.05) is 18.5 Å². The predicted molar refractivity (Wildman–Crippen MR) is 111 cm³/mol. The standard InChI is InChI=1S/C23H27NO5/c1-4-28-18-11-9-17(10-12-18)21(25)13-14-23(27)29-15-22(26)24-20-8-6-5-7-19(20)16(2)3/h5-12,16H,4,13-15H2,1-3H3,(H,24,26). The normalized spacial score (nSPS) is 10.5. The number of hydrogen-bond donors (Lipinski definition) is 1. The van der Waals surface area contributed by atoms with E-state index in [-0.39, 0.29) is 31.1 Å². The number of carbonyl (C=O) groups is 3. The van der Waals surface area contributed by atoms with Gasteiger partial charge in [0.1, 0.15) is 5.75 Å². The van der Waals surface area contributed by atoms with Gasteiger partial charge in [-0.15, -0.1) is 0 Å². The Balaban J connectivity index is 1.76. The lowest BCUT2D eigenvalue weighted by molar-refractivity contribution is -0.147. The number of amides is 1. The van der Waals surface area contributed by atoms with Crippen molar-refractivity contribution in [1.29, 1.82) is 0 Å². The second-order valence-electron chi connectivity index (χ2n) is 6.83. The second kappa shape index (κ2) is 11.0. The van der Waals surface area contributed by atoms with Crippen LogP contribution in [0.2, 0.25) is 0 Å². The van der Waals surface area contributed by atoms with Gasteiger partial charge in [-0.1, -0.05) is 32.0 Å². The zero-order chi connectivity index (χ0) is 21.2. The molecule has 0 spiro atoms. The maximum Gasteiger partial charge on any atom is 0.306 e. The molecule has 0 aliphatic carbocycles. The molecule has 0 unspecified atom stereocenters. The number of anilines is 1. The molecular weight excluding hydrogens is 370 g/mol. The lowest BCUT2D eigenvalue weighted by Gasteiger charge is -2.13. The van der Waals surface area contributed by atoms with Gasteiger partial charge in [0.15, 0.2) is 12.4 Å². The van der Waals surface area contributed by atoms with Crippen molar-refractivity contribution in [3.8, 4) is 5.75 Å². The van der Waals surface area contributed by atoms with E-state index in [2.05, 4.69) is 5.32 Å². The van der Waals surface area contributed by atoms with Gasteiger partial charge in [0.2, 0.25) is 0 Å². The highest BCUT2D eigenvalue weighted by Crippen LogP contribution is 2.23.